The number of amides is 2. The lowest BCUT2D eigenvalue weighted by Crippen LogP contribution is -2.25. The summed E-state index contributed by atoms with van der Waals surface area (Å²) in [5.74, 6) is -1.80. The zero-order chi connectivity index (χ0) is 15.4. The van der Waals surface area contributed by atoms with Gasteiger partial charge in [0, 0.05) is 32.1 Å². The van der Waals surface area contributed by atoms with Crippen LogP contribution in [0.4, 0.5) is 5.69 Å². The van der Waals surface area contributed by atoms with Crippen LogP contribution in [0.3, 0.4) is 0 Å². The molecule has 0 aromatic heterocycles. The predicted octanol–water partition coefficient (Wildman–Crippen LogP) is 0.803. The zero-order valence-corrected chi connectivity index (χ0v) is 11.8. The topological polar surface area (TPSA) is 86.7 Å². The smallest absolute Gasteiger partial charge is 0.308 e. The summed E-state index contributed by atoms with van der Waals surface area (Å²) in [6, 6.07) is 7.33. The Morgan fingerprint density at radius 3 is 2.81 bits per heavy atom. The van der Waals surface area contributed by atoms with Crippen LogP contribution in [0.1, 0.15) is 18.4 Å². The number of benzene rings is 1. The Morgan fingerprint density at radius 1 is 1.43 bits per heavy atom. The van der Waals surface area contributed by atoms with Crippen LogP contribution in [0.5, 0.6) is 0 Å². The van der Waals surface area contributed by atoms with Crippen molar-refractivity contribution >= 4 is 23.5 Å². The van der Waals surface area contributed by atoms with Gasteiger partial charge in [0.05, 0.1) is 5.92 Å². The summed E-state index contributed by atoms with van der Waals surface area (Å²) < 4.78 is 0. The molecule has 2 rings (SSSR count). The molecule has 0 spiro atoms. The minimum absolute atomic E-state index is 0.0383. The number of carboxylic acids is 1. The molecule has 0 saturated carbocycles. The quantitative estimate of drug-likeness (QED) is 0.840. The molecule has 1 aromatic carbocycles. The number of anilines is 1. The van der Waals surface area contributed by atoms with E-state index in [0.717, 1.165) is 5.56 Å². The number of aryl methyl sites for hydroxylation is 1. The highest BCUT2D eigenvalue weighted by Gasteiger charge is 2.34. The first-order chi connectivity index (χ1) is 10.0. The van der Waals surface area contributed by atoms with E-state index in [1.54, 1.807) is 13.1 Å². The first-order valence-corrected chi connectivity index (χ1v) is 6.84. The minimum atomic E-state index is -0.943. The Bertz CT molecular complexity index is 571. The Labute approximate surface area is 122 Å². The molecule has 1 atom stereocenters. The van der Waals surface area contributed by atoms with E-state index in [1.165, 1.54) is 4.90 Å². The molecule has 0 radical (unpaired) electrons. The number of rotatable bonds is 5. The Balaban J connectivity index is 2.09. The van der Waals surface area contributed by atoms with Gasteiger partial charge in [-0.05, 0) is 24.1 Å². The third-order valence-corrected chi connectivity index (χ3v) is 3.62. The van der Waals surface area contributed by atoms with Gasteiger partial charge in [-0.25, -0.2) is 0 Å². The van der Waals surface area contributed by atoms with Gasteiger partial charge in [0.1, 0.15) is 0 Å². The molecule has 6 nitrogen and oxygen atoms in total. The average Bonchev–Trinajstić information content (AvgIpc) is 2.87. The van der Waals surface area contributed by atoms with Gasteiger partial charge in [0.25, 0.3) is 0 Å². The maximum absolute atomic E-state index is 11.9. The van der Waals surface area contributed by atoms with Gasteiger partial charge < -0.3 is 15.3 Å². The fourth-order valence-electron chi connectivity index (χ4n) is 2.39. The van der Waals surface area contributed by atoms with Gasteiger partial charge in [-0.15, -0.1) is 0 Å². The van der Waals surface area contributed by atoms with Crippen LogP contribution in [-0.2, 0) is 20.8 Å². The maximum Gasteiger partial charge on any atom is 0.308 e. The second-order valence-corrected chi connectivity index (χ2v) is 5.09. The second kappa shape index (κ2) is 6.39. The molecule has 2 N–H and O–H groups in total. The predicted molar refractivity (Wildman–Crippen MR) is 76.9 cm³/mol. The fraction of sp³-hybridized carbons (Fsp3) is 0.400. The molecular weight excluding hydrogens is 272 g/mol. The summed E-state index contributed by atoms with van der Waals surface area (Å²) in [7, 11) is 1.59. The van der Waals surface area contributed by atoms with Crippen LogP contribution in [0.25, 0.3) is 0 Å². The fourth-order valence-corrected chi connectivity index (χ4v) is 2.39. The summed E-state index contributed by atoms with van der Waals surface area (Å²) >= 11 is 0. The number of carbonyl (C=O) groups excluding carboxylic acids is 2. The van der Waals surface area contributed by atoms with Crippen molar-refractivity contribution in [3.05, 3.63) is 29.8 Å². The van der Waals surface area contributed by atoms with E-state index >= 15 is 0 Å². The van der Waals surface area contributed by atoms with Crippen molar-refractivity contribution in [1.82, 2.24) is 5.32 Å². The van der Waals surface area contributed by atoms with Crippen molar-refractivity contribution in [1.29, 1.82) is 0 Å². The molecule has 0 aliphatic carbocycles. The number of aliphatic carboxylic acids is 1. The lowest BCUT2D eigenvalue weighted by atomic mass is 10.1. The number of nitrogens with one attached hydrogen (secondary N) is 1. The van der Waals surface area contributed by atoms with Gasteiger partial charge in [0.2, 0.25) is 11.8 Å². The van der Waals surface area contributed by atoms with Crippen molar-refractivity contribution in [3.8, 4) is 0 Å². The Kier molecular flexibility index (Phi) is 4.57. The van der Waals surface area contributed by atoms with Gasteiger partial charge in [0.15, 0.2) is 0 Å². The van der Waals surface area contributed by atoms with E-state index in [2.05, 4.69) is 5.32 Å². The monoisotopic (exact) mass is 290 g/mol. The highest BCUT2D eigenvalue weighted by molar-refractivity contribution is 5.99. The minimum Gasteiger partial charge on any atom is -0.481 e. The van der Waals surface area contributed by atoms with Crippen molar-refractivity contribution < 1.29 is 19.5 Å². The van der Waals surface area contributed by atoms with E-state index < -0.39 is 11.9 Å². The van der Waals surface area contributed by atoms with Crippen molar-refractivity contribution in [2.24, 2.45) is 5.92 Å². The average molecular weight is 290 g/mol. The Morgan fingerprint density at radius 2 is 2.19 bits per heavy atom. The largest absolute Gasteiger partial charge is 0.481 e. The van der Waals surface area contributed by atoms with Crippen molar-refractivity contribution in [2.45, 2.75) is 19.3 Å². The molecule has 112 valence electrons. The molecule has 6 heteroatoms. The van der Waals surface area contributed by atoms with Crippen LogP contribution >= 0.6 is 0 Å². The summed E-state index contributed by atoms with van der Waals surface area (Å²) in [5.41, 5.74) is 1.64. The standard InChI is InChI=1S/C15H18N2O4/c1-16-13(18)6-5-10-3-2-4-12(7-10)17-9-11(15(20)21)8-14(17)19/h2-4,7,11H,5-6,8-9H2,1H3,(H,16,18)(H,20,21). The van der Waals surface area contributed by atoms with E-state index in [1.807, 2.05) is 18.2 Å². The SMILES string of the molecule is CNC(=O)CCc1cccc(N2CC(C(=O)O)CC2=O)c1. The molecule has 0 bridgehead atoms. The molecule has 1 aromatic rings. The lowest BCUT2D eigenvalue weighted by Gasteiger charge is -2.17. The highest BCUT2D eigenvalue weighted by atomic mass is 16.4. The van der Waals surface area contributed by atoms with E-state index in [4.69, 9.17) is 5.11 Å². The summed E-state index contributed by atoms with van der Waals surface area (Å²) in [4.78, 5) is 35.6. The number of hydrogen-bond acceptors (Lipinski definition) is 3. The van der Waals surface area contributed by atoms with Crippen LogP contribution < -0.4 is 10.2 Å². The molecular formula is C15H18N2O4. The van der Waals surface area contributed by atoms with E-state index in [0.29, 0.717) is 18.5 Å². The van der Waals surface area contributed by atoms with Gasteiger partial charge in [-0.2, -0.15) is 0 Å². The number of carbonyl (C=O) groups is 3. The summed E-state index contributed by atoms with van der Waals surface area (Å²) in [6.07, 6.45) is 1.00. The third kappa shape index (κ3) is 3.59. The molecule has 2 amide bonds. The van der Waals surface area contributed by atoms with Crippen molar-refractivity contribution in [3.63, 3.8) is 0 Å². The van der Waals surface area contributed by atoms with Crippen LogP contribution in [0.15, 0.2) is 24.3 Å². The molecule has 21 heavy (non-hydrogen) atoms. The van der Waals surface area contributed by atoms with Gasteiger partial charge in [-0.3, -0.25) is 14.4 Å². The first-order valence-electron chi connectivity index (χ1n) is 6.84. The molecule has 1 aliphatic heterocycles. The number of carboxylic acid groups (broad SMARTS) is 1. The summed E-state index contributed by atoms with van der Waals surface area (Å²) in [6.45, 7) is 0.201. The van der Waals surface area contributed by atoms with Crippen LogP contribution in [0.2, 0.25) is 0 Å². The van der Waals surface area contributed by atoms with Gasteiger partial charge in [-0.1, -0.05) is 12.1 Å². The lowest BCUT2D eigenvalue weighted by molar-refractivity contribution is -0.141. The van der Waals surface area contributed by atoms with Crippen LogP contribution in [0, 0.1) is 5.92 Å². The number of hydrogen-bond donors (Lipinski definition) is 2. The van der Waals surface area contributed by atoms with E-state index in [9.17, 15) is 14.4 Å². The third-order valence-electron chi connectivity index (χ3n) is 3.62. The normalized spacial score (nSPS) is 17.9. The molecule has 1 heterocycles. The molecule has 1 unspecified atom stereocenters. The van der Waals surface area contributed by atoms with Crippen LogP contribution in [-0.4, -0.2) is 36.5 Å². The molecule has 1 fully saturated rings. The molecule has 1 aliphatic rings. The first kappa shape index (κ1) is 15.0. The summed E-state index contributed by atoms with van der Waals surface area (Å²) in [5, 5.41) is 11.6. The van der Waals surface area contributed by atoms with Gasteiger partial charge >= 0.3 is 5.97 Å². The van der Waals surface area contributed by atoms with Crippen molar-refractivity contribution in [2.75, 3.05) is 18.5 Å². The highest BCUT2D eigenvalue weighted by Crippen LogP contribution is 2.26. The second-order valence-electron chi connectivity index (χ2n) is 5.09. The molecule has 1 saturated heterocycles. The Hall–Kier alpha value is -2.37. The number of nitrogens with zero attached hydrogens (tertiary/aromatic N) is 1. The maximum atomic E-state index is 11.9. The zero-order valence-electron chi connectivity index (χ0n) is 11.8. The van der Waals surface area contributed by atoms with E-state index in [-0.39, 0.29) is 24.8 Å².